The second-order valence-corrected chi connectivity index (χ2v) is 8.34. The summed E-state index contributed by atoms with van der Waals surface area (Å²) >= 11 is 0. The van der Waals surface area contributed by atoms with Gasteiger partial charge in [-0.2, -0.15) is 0 Å². The maximum atomic E-state index is 3.46. The minimum Gasteiger partial charge on any atom is -0.315 e. The van der Waals surface area contributed by atoms with E-state index < -0.39 is 0 Å². The van der Waals surface area contributed by atoms with Crippen molar-refractivity contribution >= 4 is 8.80 Å². The van der Waals surface area contributed by atoms with Crippen LogP contribution in [-0.4, -0.2) is 21.4 Å². The molecule has 0 saturated heterocycles. The highest BCUT2D eigenvalue weighted by molar-refractivity contribution is 6.58. The molecular weight excluding hydrogens is 162 g/mol. The van der Waals surface area contributed by atoms with E-state index in [9.17, 15) is 0 Å². The summed E-state index contributed by atoms with van der Waals surface area (Å²) in [6.45, 7) is 12.9. The summed E-state index contributed by atoms with van der Waals surface area (Å²) in [4.78, 5) is 0. The molecule has 0 rings (SSSR count). The lowest BCUT2D eigenvalue weighted by Gasteiger charge is -2.14. The molecule has 74 valence electrons. The van der Waals surface area contributed by atoms with E-state index in [0.29, 0.717) is 6.04 Å². The summed E-state index contributed by atoms with van der Waals surface area (Å²) in [5, 5.41) is 3.46. The highest BCUT2D eigenvalue weighted by Crippen LogP contribution is 2.12. The van der Waals surface area contributed by atoms with Crippen molar-refractivity contribution in [3.8, 4) is 0 Å². The Hall–Kier alpha value is 0.177. The van der Waals surface area contributed by atoms with Crippen LogP contribution in [0.5, 0.6) is 0 Å². The third-order valence-electron chi connectivity index (χ3n) is 2.53. The van der Waals surface area contributed by atoms with Crippen LogP contribution in [0.15, 0.2) is 0 Å². The van der Waals surface area contributed by atoms with E-state index in [1.54, 1.807) is 0 Å². The quantitative estimate of drug-likeness (QED) is 0.498. The van der Waals surface area contributed by atoms with Crippen LogP contribution in [0.3, 0.4) is 0 Å². The third-order valence-corrected chi connectivity index (χ3v) is 6.12. The maximum Gasteiger partial charge on any atom is 0.0362 e. The van der Waals surface area contributed by atoms with Gasteiger partial charge in [-0.05, 0) is 13.0 Å². The summed E-state index contributed by atoms with van der Waals surface area (Å²) in [6.07, 6.45) is 1.38. The Morgan fingerprint density at radius 3 is 2.17 bits per heavy atom. The van der Waals surface area contributed by atoms with Crippen LogP contribution in [0.1, 0.15) is 34.1 Å². The zero-order valence-corrected chi connectivity index (χ0v) is 10.5. The van der Waals surface area contributed by atoms with Crippen molar-refractivity contribution in [3.63, 3.8) is 0 Å². The maximum absolute atomic E-state index is 3.46. The number of hydrogen-bond donors (Lipinski definition) is 1. The third kappa shape index (κ3) is 6.86. The average Bonchev–Trinajstić information content (AvgIpc) is 1.97. The minimum atomic E-state index is -0.378. The van der Waals surface area contributed by atoms with E-state index in [0.717, 1.165) is 5.54 Å². The molecule has 12 heavy (non-hydrogen) atoms. The highest BCUT2D eigenvalue weighted by Gasteiger charge is 2.07. The minimum absolute atomic E-state index is 0.378. The first-order valence-corrected chi connectivity index (χ1v) is 7.91. The van der Waals surface area contributed by atoms with Gasteiger partial charge in [0.25, 0.3) is 0 Å². The van der Waals surface area contributed by atoms with E-state index >= 15 is 0 Å². The van der Waals surface area contributed by atoms with Gasteiger partial charge in [0.2, 0.25) is 0 Å². The first kappa shape index (κ1) is 12.2. The van der Waals surface area contributed by atoms with E-state index in [-0.39, 0.29) is 8.80 Å². The molecule has 0 heterocycles. The van der Waals surface area contributed by atoms with Gasteiger partial charge in [0.15, 0.2) is 0 Å². The van der Waals surface area contributed by atoms with Gasteiger partial charge in [-0.15, -0.1) is 0 Å². The van der Waals surface area contributed by atoms with Crippen LogP contribution < -0.4 is 5.32 Å². The van der Waals surface area contributed by atoms with Crippen LogP contribution in [-0.2, 0) is 0 Å². The van der Waals surface area contributed by atoms with Crippen LogP contribution >= 0.6 is 0 Å². The molecule has 0 fully saturated rings. The van der Waals surface area contributed by atoms with Gasteiger partial charge in [-0.25, -0.2) is 0 Å². The normalized spacial score (nSPS) is 14.2. The zero-order valence-electron chi connectivity index (χ0n) is 9.35. The summed E-state index contributed by atoms with van der Waals surface area (Å²) in [5.74, 6) is 0. The molecule has 0 radical (unpaired) electrons. The fourth-order valence-corrected chi connectivity index (χ4v) is 2.66. The Labute approximate surface area is 79.6 Å². The van der Waals surface area contributed by atoms with Crippen LogP contribution in [0, 0.1) is 0 Å². The van der Waals surface area contributed by atoms with Crippen molar-refractivity contribution < 1.29 is 0 Å². The van der Waals surface area contributed by atoms with Crippen LogP contribution in [0.25, 0.3) is 0 Å². The zero-order chi connectivity index (χ0) is 9.56. The lowest BCUT2D eigenvalue weighted by molar-refractivity contribution is 0.582. The van der Waals surface area contributed by atoms with Gasteiger partial charge in [-0.1, -0.05) is 45.8 Å². The summed E-state index contributed by atoms with van der Waals surface area (Å²) in [7, 11) is -0.378. The molecule has 0 bridgehead atoms. The van der Waals surface area contributed by atoms with Crippen molar-refractivity contribution in [3.05, 3.63) is 0 Å². The SMILES string of the molecule is CC(C)NCCC[SiH](C)C(C)C. The molecule has 1 unspecified atom stereocenters. The van der Waals surface area contributed by atoms with Crippen molar-refractivity contribution in [1.29, 1.82) is 0 Å². The Morgan fingerprint density at radius 2 is 1.75 bits per heavy atom. The molecule has 0 aliphatic carbocycles. The van der Waals surface area contributed by atoms with Gasteiger partial charge in [-0.3, -0.25) is 0 Å². The largest absolute Gasteiger partial charge is 0.315 e. The summed E-state index contributed by atoms with van der Waals surface area (Å²) in [6, 6.07) is 2.15. The summed E-state index contributed by atoms with van der Waals surface area (Å²) < 4.78 is 0. The molecule has 0 aliphatic heterocycles. The molecule has 1 nitrogen and oxygen atoms in total. The molecule has 1 N–H and O–H groups in total. The molecule has 0 aliphatic rings. The van der Waals surface area contributed by atoms with Crippen LogP contribution in [0.4, 0.5) is 0 Å². The van der Waals surface area contributed by atoms with Gasteiger partial charge < -0.3 is 5.32 Å². The molecule has 0 spiro atoms. The number of rotatable bonds is 6. The van der Waals surface area contributed by atoms with E-state index in [4.69, 9.17) is 0 Å². The Bertz CT molecular complexity index is 102. The van der Waals surface area contributed by atoms with Gasteiger partial charge in [0.05, 0.1) is 0 Å². The summed E-state index contributed by atoms with van der Waals surface area (Å²) in [5.41, 5.74) is 0.976. The van der Waals surface area contributed by atoms with E-state index in [1.165, 1.54) is 19.0 Å². The second-order valence-electron chi connectivity index (χ2n) is 4.47. The predicted octanol–water partition coefficient (Wildman–Crippen LogP) is 2.64. The molecule has 0 aromatic heterocycles. The van der Waals surface area contributed by atoms with Crippen LogP contribution in [0.2, 0.25) is 18.1 Å². The fraction of sp³-hybridized carbons (Fsp3) is 1.00. The molecule has 0 aromatic rings. The molecule has 0 amide bonds. The second kappa shape index (κ2) is 6.67. The number of hydrogen-bond acceptors (Lipinski definition) is 1. The first-order valence-electron chi connectivity index (χ1n) is 5.27. The first-order chi connectivity index (χ1) is 5.54. The van der Waals surface area contributed by atoms with E-state index in [1.807, 2.05) is 0 Å². The van der Waals surface area contributed by atoms with Gasteiger partial charge >= 0.3 is 0 Å². The smallest absolute Gasteiger partial charge is 0.0362 e. The lowest BCUT2D eigenvalue weighted by Crippen LogP contribution is -2.24. The molecule has 0 saturated carbocycles. The monoisotopic (exact) mass is 187 g/mol. The van der Waals surface area contributed by atoms with Crippen molar-refractivity contribution in [2.45, 2.75) is 58.3 Å². The fourth-order valence-electron chi connectivity index (χ4n) is 1.15. The van der Waals surface area contributed by atoms with Gasteiger partial charge in [0.1, 0.15) is 0 Å². The Balaban J connectivity index is 3.20. The van der Waals surface area contributed by atoms with Crippen molar-refractivity contribution in [1.82, 2.24) is 5.32 Å². The van der Waals surface area contributed by atoms with Crippen molar-refractivity contribution in [2.75, 3.05) is 6.54 Å². The molecule has 1 atom stereocenters. The molecular formula is C10H25NSi. The average molecular weight is 187 g/mol. The van der Waals surface area contributed by atoms with Gasteiger partial charge in [0, 0.05) is 14.8 Å². The molecule has 0 aromatic carbocycles. The van der Waals surface area contributed by atoms with Crippen molar-refractivity contribution in [2.24, 2.45) is 0 Å². The Kier molecular flexibility index (Phi) is 6.77. The predicted molar refractivity (Wildman–Crippen MR) is 60.7 cm³/mol. The standard InChI is InChI=1S/C10H25NSi/c1-9(2)11-7-6-8-12(5)10(3)4/h9-12H,6-8H2,1-5H3. The lowest BCUT2D eigenvalue weighted by atomic mass is 10.4. The number of nitrogens with one attached hydrogen (secondary N) is 1. The Morgan fingerprint density at radius 1 is 1.17 bits per heavy atom. The molecule has 2 heteroatoms. The van der Waals surface area contributed by atoms with E-state index in [2.05, 4.69) is 39.6 Å². The topological polar surface area (TPSA) is 12.0 Å². The highest BCUT2D eigenvalue weighted by atomic mass is 28.3.